The van der Waals surface area contributed by atoms with Gasteiger partial charge in [-0.3, -0.25) is 0 Å². The molecule has 2 rings (SSSR count). The molecule has 0 aliphatic rings. The molecule has 0 saturated carbocycles. The molecule has 20 heavy (non-hydrogen) atoms. The second-order valence-electron chi connectivity index (χ2n) is 5.07. The van der Waals surface area contributed by atoms with Gasteiger partial charge in [0.05, 0.1) is 13.2 Å². The van der Waals surface area contributed by atoms with Crippen LogP contribution in [-0.4, -0.2) is 18.3 Å². The highest BCUT2D eigenvalue weighted by atomic mass is 16.5. The minimum Gasteiger partial charge on any atom is -0.494 e. The van der Waals surface area contributed by atoms with Crippen LogP contribution in [0.5, 0.6) is 5.75 Å². The molecule has 2 aromatic rings. The fourth-order valence-corrected chi connectivity index (χ4v) is 2.34. The maximum Gasteiger partial charge on any atom is 0.119 e. The van der Waals surface area contributed by atoms with Crippen molar-refractivity contribution >= 4 is 0 Å². The second-order valence-corrected chi connectivity index (χ2v) is 5.07. The molecule has 2 aromatic carbocycles. The Labute approximate surface area is 121 Å². The number of aliphatic hydroxyl groups excluding tert-OH is 1. The van der Waals surface area contributed by atoms with Crippen LogP contribution in [0.3, 0.4) is 0 Å². The monoisotopic (exact) mass is 270 g/mol. The van der Waals surface area contributed by atoms with Gasteiger partial charge in [-0.2, -0.15) is 0 Å². The highest BCUT2D eigenvalue weighted by molar-refractivity contribution is 5.31. The summed E-state index contributed by atoms with van der Waals surface area (Å²) in [6.07, 6.45) is 0.820. The summed E-state index contributed by atoms with van der Waals surface area (Å²) in [5.41, 5.74) is 3.61. The summed E-state index contributed by atoms with van der Waals surface area (Å²) >= 11 is 0. The van der Waals surface area contributed by atoms with Crippen molar-refractivity contribution in [3.8, 4) is 5.75 Å². The minimum absolute atomic E-state index is 0.132. The Morgan fingerprint density at radius 1 is 1.10 bits per heavy atom. The summed E-state index contributed by atoms with van der Waals surface area (Å²) in [5, 5.41) is 9.65. The molecule has 0 saturated heterocycles. The summed E-state index contributed by atoms with van der Waals surface area (Å²) < 4.78 is 5.52. The average Bonchev–Trinajstić information content (AvgIpc) is 2.47. The van der Waals surface area contributed by atoms with Gasteiger partial charge in [-0.15, -0.1) is 0 Å². The van der Waals surface area contributed by atoms with E-state index in [1.54, 1.807) is 0 Å². The first-order valence-corrected chi connectivity index (χ1v) is 7.12. The first kappa shape index (κ1) is 14.6. The smallest absolute Gasteiger partial charge is 0.119 e. The standard InChI is InChI=1S/C18H22O2/c1-3-20-18-6-4-5-15(12-18)11-17(13-19)16-9-7-14(2)8-10-16/h4-10,12,17,19H,3,11,13H2,1-2H3. The Hall–Kier alpha value is -1.80. The lowest BCUT2D eigenvalue weighted by Gasteiger charge is -2.15. The summed E-state index contributed by atoms with van der Waals surface area (Å²) in [5.74, 6) is 1.03. The molecular weight excluding hydrogens is 248 g/mol. The van der Waals surface area contributed by atoms with Gasteiger partial charge in [0.2, 0.25) is 0 Å². The summed E-state index contributed by atoms with van der Waals surface area (Å²) in [6, 6.07) is 16.5. The fourth-order valence-electron chi connectivity index (χ4n) is 2.34. The Morgan fingerprint density at radius 3 is 2.50 bits per heavy atom. The third-order valence-electron chi connectivity index (χ3n) is 3.46. The zero-order valence-corrected chi connectivity index (χ0v) is 12.2. The molecule has 0 heterocycles. The molecule has 1 atom stereocenters. The lowest BCUT2D eigenvalue weighted by molar-refractivity contribution is 0.264. The first-order chi connectivity index (χ1) is 9.72. The van der Waals surface area contributed by atoms with Crippen LogP contribution >= 0.6 is 0 Å². The van der Waals surface area contributed by atoms with Gasteiger partial charge in [0, 0.05) is 5.92 Å². The van der Waals surface area contributed by atoms with Crippen LogP contribution in [0, 0.1) is 6.92 Å². The number of aryl methyl sites for hydroxylation is 1. The second kappa shape index (κ2) is 7.11. The maximum absolute atomic E-state index is 9.65. The van der Waals surface area contributed by atoms with Crippen molar-refractivity contribution < 1.29 is 9.84 Å². The van der Waals surface area contributed by atoms with E-state index in [9.17, 15) is 5.11 Å². The highest BCUT2D eigenvalue weighted by Gasteiger charge is 2.11. The van der Waals surface area contributed by atoms with Gasteiger partial charge in [-0.25, -0.2) is 0 Å². The van der Waals surface area contributed by atoms with Gasteiger partial charge in [-0.05, 0) is 43.5 Å². The Kier molecular flexibility index (Phi) is 5.19. The van der Waals surface area contributed by atoms with Crippen LogP contribution in [-0.2, 0) is 6.42 Å². The van der Waals surface area contributed by atoms with Gasteiger partial charge in [-0.1, -0.05) is 42.0 Å². The van der Waals surface area contributed by atoms with Crippen LogP contribution in [0.1, 0.15) is 29.5 Å². The molecule has 0 fully saturated rings. The number of hydrogen-bond donors (Lipinski definition) is 1. The van der Waals surface area contributed by atoms with Crippen LogP contribution in [0.25, 0.3) is 0 Å². The largest absolute Gasteiger partial charge is 0.494 e. The van der Waals surface area contributed by atoms with Crippen molar-refractivity contribution in [2.24, 2.45) is 0 Å². The van der Waals surface area contributed by atoms with Gasteiger partial charge in [0.15, 0.2) is 0 Å². The van der Waals surface area contributed by atoms with E-state index in [1.807, 2.05) is 19.1 Å². The third kappa shape index (κ3) is 3.84. The van der Waals surface area contributed by atoms with Gasteiger partial charge >= 0.3 is 0 Å². The number of benzene rings is 2. The molecule has 0 aromatic heterocycles. The van der Waals surface area contributed by atoms with E-state index in [4.69, 9.17) is 4.74 Å². The van der Waals surface area contributed by atoms with Crippen LogP contribution < -0.4 is 4.74 Å². The zero-order valence-electron chi connectivity index (χ0n) is 12.2. The third-order valence-corrected chi connectivity index (χ3v) is 3.46. The van der Waals surface area contributed by atoms with Crippen molar-refractivity contribution in [3.05, 3.63) is 65.2 Å². The number of hydrogen-bond acceptors (Lipinski definition) is 2. The van der Waals surface area contributed by atoms with E-state index in [1.165, 1.54) is 16.7 Å². The molecule has 1 unspecified atom stereocenters. The van der Waals surface area contributed by atoms with Crippen LogP contribution in [0.15, 0.2) is 48.5 Å². The molecule has 0 aliphatic carbocycles. The van der Waals surface area contributed by atoms with E-state index in [-0.39, 0.29) is 12.5 Å². The lowest BCUT2D eigenvalue weighted by atomic mass is 9.92. The molecule has 0 bridgehead atoms. The van der Waals surface area contributed by atoms with E-state index in [0.29, 0.717) is 6.61 Å². The first-order valence-electron chi connectivity index (χ1n) is 7.12. The fraction of sp³-hybridized carbons (Fsp3) is 0.333. The summed E-state index contributed by atoms with van der Waals surface area (Å²) in [4.78, 5) is 0. The predicted octanol–water partition coefficient (Wildman–Crippen LogP) is 3.71. The van der Waals surface area contributed by atoms with Crippen molar-refractivity contribution in [1.29, 1.82) is 0 Å². The van der Waals surface area contributed by atoms with Crippen molar-refractivity contribution in [2.75, 3.05) is 13.2 Å². The quantitative estimate of drug-likeness (QED) is 0.867. The molecule has 0 amide bonds. The summed E-state index contributed by atoms with van der Waals surface area (Å²) in [6.45, 7) is 4.88. The Bertz CT molecular complexity index is 531. The number of rotatable bonds is 6. The number of aliphatic hydroxyl groups is 1. The molecule has 2 heteroatoms. The van der Waals surface area contributed by atoms with E-state index < -0.39 is 0 Å². The van der Waals surface area contributed by atoms with E-state index in [2.05, 4.69) is 43.3 Å². The molecule has 1 N–H and O–H groups in total. The normalized spacial score (nSPS) is 12.2. The topological polar surface area (TPSA) is 29.5 Å². The molecule has 2 nitrogen and oxygen atoms in total. The summed E-state index contributed by atoms with van der Waals surface area (Å²) in [7, 11) is 0. The Balaban J connectivity index is 2.13. The van der Waals surface area contributed by atoms with Gasteiger partial charge in [0.1, 0.15) is 5.75 Å². The van der Waals surface area contributed by atoms with E-state index >= 15 is 0 Å². The molecule has 0 radical (unpaired) electrons. The SMILES string of the molecule is CCOc1cccc(CC(CO)c2ccc(C)cc2)c1. The van der Waals surface area contributed by atoms with E-state index in [0.717, 1.165) is 12.2 Å². The molecular formula is C18H22O2. The lowest BCUT2D eigenvalue weighted by Crippen LogP contribution is -2.08. The van der Waals surface area contributed by atoms with Crippen molar-refractivity contribution in [2.45, 2.75) is 26.2 Å². The molecule has 106 valence electrons. The van der Waals surface area contributed by atoms with Crippen molar-refractivity contribution in [1.82, 2.24) is 0 Å². The molecule has 0 aliphatic heterocycles. The highest BCUT2D eigenvalue weighted by Crippen LogP contribution is 2.23. The van der Waals surface area contributed by atoms with Crippen LogP contribution in [0.2, 0.25) is 0 Å². The van der Waals surface area contributed by atoms with Crippen molar-refractivity contribution in [3.63, 3.8) is 0 Å². The number of ether oxygens (including phenoxy) is 1. The Morgan fingerprint density at radius 2 is 1.85 bits per heavy atom. The van der Waals surface area contributed by atoms with Gasteiger partial charge < -0.3 is 9.84 Å². The van der Waals surface area contributed by atoms with Gasteiger partial charge in [0.25, 0.3) is 0 Å². The average molecular weight is 270 g/mol. The maximum atomic E-state index is 9.65. The minimum atomic E-state index is 0.132. The molecule has 0 spiro atoms. The van der Waals surface area contributed by atoms with Crippen LogP contribution in [0.4, 0.5) is 0 Å². The predicted molar refractivity (Wildman–Crippen MR) is 82.3 cm³/mol. The zero-order chi connectivity index (χ0) is 14.4.